The third kappa shape index (κ3) is 3.44. The highest BCUT2D eigenvalue weighted by atomic mass is 35.5. The Kier molecular flexibility index (Phi) is 4.16. The van der Waals surface area contributed by atoms with Crippen LogP contribution in [-0.4, -0.2) is 16.1 Å². The van der Waals surface area contributed by atoms with Crippen LogP contribution >= 0.6 is 11.6 Å². The molecule has 3 N–H and O–H groups in total. The zero-order valence-corrected chi connectivity index (χ0v) is 12.7. The maximum Gasteiger partial charge on any atom is 0.287 e. The summed E-state index contributed by atoms with van der Waals surface area (Å²) in [5.41, 5.74) is 7.48. The molecule has 3 aromatic rings. The second-order valence-electron chi connectivity index (χ2n) is 4.71. The minimum atomic E-state index is -0.370. The van der Waals surface area contributed by atoms with Crippen LogP contribution in [0.5, 0.6) is 0 Å². The lowest BCUT2D eigenvalue weighted by atomic mass is 10.1. The van der Waals surface area contributed by atoms with Gasteiger partial charge in [-0.1, -0.05) is 30.3 Å². The van der Waals surface area contributed by atoms with Gasteiger partial charge in [0.25, 0.3) is 5.91 Å². The first-order valence-corrected chi connectivity index (χ1v) is 7.12. The fourth-order valence-corrected chi connectivity index (χ4v) is 2.04. The second kappa shape index (κ2) is 6.41. The SMILES string of the molecule is C=C(NNC(=O)c1cc(-c2ccc(Cl)cc2)n[nH]1)c1ccco1. The number of H-pyrrole nitrogens is 1. The van der Waals surface area contributed by atoms with Crippen LogP contribution in [0.4, 0.5) is 0 Å². The summed E-state index contributed by atoms with van der Waals surface area (Å²) in [5, 5.41) is 7.45. The van der Waals surface area contributed by atoms with Gasteiger partial charge in [0.15, 0.2) is 5.76 Å². The van der Waals surface area contributed by atoms with Crippen molar-refractivity contribution in [2.45, 2.75) is 0 Å². The molecule has 6 nitrogen and oxygen atoms in total. The molecule has 0 radical (unpaired) electrons. The number of benzene rings is 1. The van der Waals surface area contributed by atoms with Gasteiger partial charge in [-0.15, -0.1) is 0 Å². The number of furan rings is 1. The summed E-state index contributed by atoms with van der Waals surface area (Å²) in [5.74, 6) is 0.169. The molecule has 0 fully saturated rings. The predicted octanol–water partition coefficient (Wildman–Crippen LogP) is 3.23. The van der Waals surface area contributed by atoms with E-state index in [1.165, 1.54) is 6.26 Å². The predicted molar refractivity (Wildman–Crippen MR) is 87.4 cm³/mol. The molecule has 1 aromatic carbocycles. The van der Waals surface area contributed by atoms with Gasteiger partial charge < -0.3 is 4.42 Å². The number of hydrogen-bond acceptors (Lipinski definition) is 4. The van der Waals surface area contributed by atoms with Crippen molar-refractivity contribution in [3.8, 4) is 11.3 Å². The van der Waals surface area contributed by atoms with Gasteiger partial charge in [-0.3, -0.25) is 20.7 Å². The Hall–Kier alpha value is -2.99. The lowest BCUT2D eigenvalue weighted by Gasteiger charge is -2.07. The highest BCUT2D eigenvalue weighted by Crippen LogP contribution is 2.20. The summed E-state index contributed by atoms with van der Waals surface area (Å²) < 4.78 is 5.16. The Morgan fingerprint density at radius 2 is 2.00 bits per heavy atom. The van der Waals surface area contributed by atoms with Crippen LogP contribution in [0.3, 0.4) is 0 Å². The lowest BCUT2D eigenvalue weighted by Crippen LogP contribution is -2.35. The van der Waals surface area contributed by atoms with Crippen molar-refractivity contribution in [2.75, 3.05) is 0 Å². The molecule has 0 saturated carbocycles. The van der Waals surface area contributed by atoms with Crippen molar-refractivity contribution in [1.29, 1.82) is 0 Å². The largest absolute Gasteiger partial charge is 0.463 e. The van der Waals surface area contributed by atoms with Gasteiger partial charge in [-0.05, 0) is 30.3 Å². The molecule has 7 heteroatoms. The van der Waals surface area contributed by atoms with Crippen LogP contribution in [0.2, 0.25) is 5.02 Å². The third-order valence-electron chi connectivity index (χ3n) is 3.11. The highest BCUT2D eigenvalue weighted by molar-refractivity contribution is 6.30. The summed E-state index contributed by atoms with van der Waals surface area (Å²) >= 11 is 5.85. The topological polar surface area (TPSA) is 83.0 Å². The summed E-state index contributed by atoms with van der Waals surface area (Å²) in [7, 11) is 0. The fraction of sp³-hybridized carbons (Fsp3) is 0. The molecule has 0 saturated heterocycles. The minimum Gasteiger partial charge on any atom is -0.463 e. The number of halogens is 1. The van der Waals surface area contributed by atoms with E-state index in [2.05, 4.69) is 27.6 Å². The van der Waals surface area contributed by atoms with E-state index in [0.29, 0.717) is 27.9 Å². The number of nitrogens with zero attached hydrogens (tertiary/aromatic N) is 1. The number of aromatic nitrogens is 2. The molecule has 0 aliphatic rings. The molecule has 0 aliphatic heterocycles. The first-order chi connectivity index (χ1) is 11.1. The van der Waals surface area contributed by atoms with E-state index in [1.807, 2.05) is 12.1 Å². The number of hydrogen-bond donors (Lipinski definition) is 3. The van der Waals surface area contributed by atoms with Crippen molar-refractivity contribution in [1.82, 2.24) is 21.0 Å². The maximum absolute atomic E-state index is 12.1. The number of rotatable bonds is 5. The van der Waals surface area contributed by atoms with Gasteiger partial charge in [0.1, 0.15) is 5.69 Å². The second-order valence-corrected chi connectivity index (χ2v) is 5.15. The van der Waals surface area contributed by atoms with Crippen LogP contribution in [0, 0.1) is 0 Å². The van der Waals surface area contributed by atoms with Crippen LogP contribution in [0.15, 0.2) is 59.7 Å². The van der Waals surface area contributed by atoms with Crippen molar-refractivity contribution in [2.24, 2.45) is 0 Å². The highest BCUT2D eigenvalue weighted by Gasteiger charge is 2.11. The van der Waals surface area contributed by atoms with E-state index in [-0.39, 0.29) is 5.91 Å². The van der Waals surface area contributed by atoms with Crippen molar-refractivity contribution in [3.63, 3.8) is 0 Å². The zero-order valence-electron chi connectivity index (χ0n) is 12.0. The van der Waals surface area contributed by atoms with E-state index < -0.39 is 0 Å². The number of hydrazine groups is 1. The summed E-state index contributed by atoms with van der Waals surface area (Å²) in [6.07, 6.45) is 1.53. The van der Waals surface area contributed by atoms with Gasteiger partial charge in [-0.25, -0.2) is 0 Å². The molecule has 116 valence electrons. The number of nitrogens with one attached hydrogen (secondary N) is 3. The lowest BCUT2D eigenvalue weighted by molar-refractivity contribution is 0.0937. The molecule has 2 heterocycles. The Bertz CT molecular complexity index is 822. The van der Waals surface area contributed by atoms with E-state index >= 15 is 0 Å². The first kappa shape index (κ1) is 14.9. The molecule has 0 aliphatic carbocycles. The van der Waals surface area contributed by atoms with Crippen LogP contribution in [0.1, 0.15) is 16.2 Å². The molecule has 3 rings (SSSR count). The van der Waals surface area contributed by atoms with Crippen LogP contribution in [-0.2, 0) is 0 Å². The van der Waals surface area contributed by atoms with Crippen LogP contribution in [0.25, 0.3) is 17.0 Å². The number of aromatic amines is 1. The molecule has 23 heavy (non-hydrogen) atoms. The normalized spacial score (nSPS) is 10.3. The summed E-state index contributed by atoms with van der Waals surface area (Å²) in [6, 6.07) is 12.3. The Labute approximate surface area is 137 Å². The van der Waals surface area contributed by atoms with E-state index in [9.17, 15) is 4.79 Å². The Morgan fingerprint density at radius 1 is 1.22 bits per heavy atom. The Morgan fingerprint density at radius 3 is 2.70 bits per heavy atom. The monoisotopic (exact) mass is 328 g/mol. The number of carbonyl (C=O) groups is 1. The number of amides is 1. The fourth-order valence-electron chi connectivity index (χ4n) is 1.92. The van der Waals surface area contributed by atoms with E-state index in [4.69, 9.17) is 16.0 Å². The first-order valence-electron chi connectivity index (χ1n) is 6.74. The van der Waals surface area contributed by atoms with Gasteiger partial charge in [0.2, 0.25) is 0 Å². The van der Waals surface area contributed by atoms with Gasteiger partial charge >= 0.3 is 0 Å². The Balaban J connectivity index is 1.64. The standard InChI is InChI=1S/C16H13ClN4O2/c1-10(15-3-2-8-23-15)18-21-16(22)14-9-13(19-20-14)11-4-6-12(17)7-5-11/h2-9,18H,1H2,(H,19,20)(H,21,22). The molecule has 0 atom stereocenters. The van der Waals surface area contributed by atoms with Gasteiger partial charge in [0.05, 0.1) is 17.7 Å². The number of carbonyl (C=O) groups excluding carboxylic acids is 1. The molecule has 2 aromatic heterocycles. The van der Waals surface area contributed by atoms with Gasteiger partial charge in [0, 0.05) is 10.6 Å². The average molecular weight is 329 g/mol. The molecular formula is C16H13ClN4O2. The summed E-state index contributed by atoms with van der Waals surface area (Å²) in [6.45, 7) is 3.77. The van der Waals surface area contributed by atoms with Crippen LogP contribution < -0.4 is 10.9 Å². The van der Waals surface area contributed by atoms with Crippen molar-refractivity contribution >= 4 is 23.2 Å². The molecule has 1 amide bonds. The molecule has 0 bridgehead atoms. The van der Waals surface area contributed by atoms with Gasteiger partial charge in [-0.2, -0.15) is 5.10 Å². The minimum absolute atomic E-state index is 0.315. The molecule has 0 spiro atoms. The third-order valence-corrected chi connectivity index (χ3v) is 3.36. The molecular weight excluding hydrogens is 316 g/mol. The summed E-state index contributed by atoms with van der Waals surface area (Å²) in [4.78, 5) is 12.1. The maximum atomic E-state index is 12.1. The van der Waals surface area contributed by atoms with E-state index in [1.54, 1.807) is 30.3 Å². The molecule has 0 unspecified atom stereocenters. The average Bonchev–Trinajstić information content (AvgIpc) is 3.24. The van der Waals surface area contributed by atoms with Crippen molar-refractivity contribution < 1.29 is 9.21 Å². The smallest absolute Gasteiger partial charge is 0.287 e. The zero-order chi connectivity index (χ0) is 16.2. The quantitative estimate of drug-likeness (QED) is 0.628. The van der Waals surface area contributed by atoms with Crippen molar-refractivity contribution in [3.05, 3.63) is 71.8 Å². The van der Waals surface area contributed by atoms with E-state index in [0.717, 1.165) is 5.56 Å².